The van der Waals surface area contributed by atoms with Crippen molar-refractivity contribution in [3.8, 4) is 0 Å². The maximum atomic E-state index is 14.2. The molecule has 12 heteroatoms. The van der Waals surface area contributed by atoms with Crippen LogP contribution in [0.15, 0.2) is 72.8 Å². The zero-order valence-corrected chi connectivity index (χ0v) is 26.1. The van der Waals surface area contributed by atoms with E-state index in [0.29, 0.717) is 15.9 Å². The van der Waals surface area contributed by atoms with Crippen molar-refractivity contribution in [3.63, 3.8) is 0 Å². The van der Waals surface area contributed by atoms with E-state index in [4.69, 9.17) is 11.6 Å². The van der Waals surface area contributed by atoms with Gasteiger partial charge in [0.05, 0.1) is 22.5 Å². The van der Waals surface area contributed by atoms with Crippen LogP contribution in [0.3, 0.4) is 0 Å². The van der Waals surface area contributed by atoms with Crippen molar-refractivity contribution in [1.29, 1.82) is 0 Å². The van der Waals surface area contributed by atoms with Crippen LogP contribution in [0.1, 0.15) is 47.9 Å². The Kier molecular flexibility index (Phi) is 10.6. The van der Waals surface area contributed by atoms with E-state index in [1.54, 1.807) is 6.07 Å². The Morgan fingerprint density at radius 3 is 2.25 bits per heavy atom. The van der Waals surface area contributed by atoms with E-state index < -0.39 is 45.3 Å². The van der Waals surface area contributed by atoms with E-state index in [0.717, 1.165) is 55.2 Å². The second kappa shape index (κ2) is 14.0. The van der Waals surface area contributed by atoms with Gasteiger partial charge in [0.15, 0.2) is 0 Å². The summed E-state index contributed by atoms with van der Waals surface area (Å²) in [5.74, 6) is -1.12. The number of carbonyl (C=O) groups excluding carboxylic acids is 2. The molecular weight excluding hydrogens is 615 g/mol. The monoisotopic (exact) mass is 649 g/mol. The molecule has 1 atom stereocenters. The van der Waals surface area contributed by atoms with Crippen molar-refractivity contribution in [3.05, 3.63) is 100 Å². The molecule has 2 amide bonds. The molecule has 0 spiro atoms. The average molecular weight is 650 g/mol. The van der Waals surface area contributed by atoms with Crippen LogP contribution >= 0.6 is 11.6 Å². The molecule has 0 radical (unpaired) electrons. The predicted octanol–water partition coefficient (Wildman–Crippen LogP) is 6.13. The molecule has 1 aliphatic carbocycles. The number of rotatable bonds is 11. The van der Waals surface area contributed by atoms with Gasteiger partial charge in [-0.15, -0.1) is 0 Å². The molecule has 4 rings (SSSR count). The lowest BCUT2D eigenvalue weighted by atomic mass is 10.0. The molecule has 7 nitrogen and oxygen atoms in total. The van der Waals surface area contributed by atoms with Gasteiger partial charge in [-0.1, -0.05) is 84.6 Å². The Hall–Kier alpha value is -3.57. The van der Waals surface area contributed by atoms with E-state index >= 15 is 0 Å². The highest BCUT2D eigenvalue weighted by molar-refractivity contribution is 7.92. The van der Waals surface area contributed by atoms with Crippen LogP contribution in [0, 0.1) is 6.92 Å². The van der Waals surface area contributed by atoms with Gasteiger partial charge < -0.3 is 10.2 Å². The minimum absolute atomic E-state index is 0.0257. The van der Waals surface area contributed by atoms with Crippen molar-refractivity contribution in [2.75, 3.05) is 17.1 Å². The molecule has 0 aromatic heterocycles. The van der Waals surface area contributed by atoms with Gasteiger partial charge in [-0.2, -0.15) is 13.2 Å². The Morgan fingerprint density at radius 2 is 1.64 bits per heavy atom. The molecule has 1 N–H and O–H groups in total. The van der Waals surface area contributed by atoms with Crippen LogP contribution in [0.5, 0.6) is 0 Å². The summed E-state index contributed by atoms with van der Waals surface area (Å²) in [7, 11) is -4.25. The molecule has 3 aromatic rings. The molecular formula is C32H35ClF3N3O4S. The van der Waals surface area contributed by atoms with Crippen LogP contribution in [-0.2, 0) is 38.8 Å². The summed E-state index contributed by atoms with van der Waals surface area (Å²) < 4.78 is 67.4. The third-order valence-electron chi connectivity index (χ3n) is 7.63. The fourth-order valence-electron chi connectivity index (χ4n) is 5.43. The van der Waals surface area contributed by atoms with Gasteiger partial charge in [0.25, 0.3) is 0 Å². The van der Waals surface area contributed by atoms with E-state index in [1.807, 2.05) is 55.5 Å². The fourth-order valence-corrected chi connectivity index (χ4v) is 6.49. The lowest BCUT2D eigenvalue weighted by molar-refractivity contribution is -0.140. The molecule has 0 unspecified atom stereocenters. The third kappa shape index (κ3) is 8.75. The van der Waals surface area contributed by atoms with E-state index in [2.05, 4.69) is 5.32 Å². The summed E-state index contributed by atoms with van der Waals surface area (Å²) in [5.41, 5.74) is 0.814. The summed E-state index contributed by atoms with van der Waals surface area (Å²) in [4.78, 5) is 29.4. The molecule has 236 valence electrons. The standard InChI is InChI=1S/C32H35ClF3N3O4S/c1-22-9-8-12-24(17-22)20-38(29(18-23-10-4-3-5-11-23)31(41)37-25-13-6-7-14-25)30(40)21-39(44(2,42)43)26-15-16-28(33)27(19-26)32(34,35)36/h3-5,8-12,15-17,19,25,29H,6-7,13-14,18,20-21H2,1-2H3,(H,37,41)/t29-/m1/s1. The normalized spacial score (nSPS) is 14.7. The SMILES string of the molecule is Cc1cccc(CN(C(=O)CN(c2ccc(Cl)c(C(F)(F)F)c2)S(C)(=O)=O)[C@H](Cc2ccccc2)C(=O)NC2CCCC2)c1. The van der Waals surface area contributed by atoms with Gasteiger partial charge in [-0.25, -0.2) is 8.42 Å². The lowest BCUT2D eigenvalue weighted by Crippen LogP contribution is -2.54. The van der Waals surface area contributed by atoms with E-state index in [9.17, 15) is 31.2 Å². The molecule has 0 heterocycles. The quantitative estimate of drug-likeness (QED) is 0.271. The first-order valence-electron chi connectivity index (χ1n) is 14.3. The Bertz CT molecular complexity index is 1580. The van der Waals surface area contributed by atoms with Gasteiger partial charge in [0, 0.05) is 19.0 Å². The Balaban J connectivity index is 1.76. The Labute approximate surface area is 261 Å². The molecule has 1 fully saturated rings. The van der Waals surface area contributed by atoms with Gasteiger partial charge in [-0.05, 0) is 49.1 Å². The maximum Gasteiger partial charge on any atom is 0.417 e. The van der Waals surface area contributed by atoms with Gasteiger partial charge in [0.2, 0.25) is 21.8 Å². The van der Waals surface area contributed by atoms with Gasteiger partial charge >= 0.3 is 6.18 Å². The zero-order valence-electron chi connectivity index (χ0n) is 24.5. The summed E-state index contributed by atoms with van der Waals surface area (Å²) in [6, 6.07) is 18.1. The first kappa shape index (κ1) is 33.3. The number of hydrogen-bond acceptors (Lipinski definition) is 4. The van der Waals surface area contributed by atoms with E-state index in [-0.39, 0.29) is 30.6 Å². The number of carbonyl (C=O) groups is 2. The number of anilines is 1. The molecule has 1 aliphatic rings. The summed E-state index contributed by atoms with van der Waals surface area (Å²) in [5, 5.41) is 2.47. The number of benzene rings is 3. The van der Waals surface area contributed by atoms with Crippen molar-refractivity contribution in [2.45, 2.75) is 63.8 Å². The number of amides is 2. The molecule has 0 bridgehead atoms. The molecule has 0 aliphatic heterocycles. The predicted molar refractivity (Wildman–Crippen MR) is 165 cm³/mol. The number of aryl methyl sites for hydroxylation is 1. The van der Waals surface area contributed by atoms with Crippen molar-refractivity contribution in [2.24, 2.45) is 0 Å². The summed E-state index contributed by atoms with van der Waals surface area (Å²) in [6.45, 7) is 1.03. The van der Waals surface area contributed by atoms with E-state index in [1.165, 1.54) is 4.90 Å². The van der Waals surface area contributed by atoms with Gasteiger partial charge in [-0.3, -0.25) is 13.9 Å². The third-order valence-corrected chi connectivity index (χ3v) is 9.10. The minimum atomic E-state index is -4.85. The fraction of sp³-hybridized carbons (Fsp3) is 0.375. The largest absolute Gasteiger partial charge is 0.417 e. The number of hydrogen-bond donors (Lipinski definition) is 1. The average Bonchev–Trinajstić information content (AvgIpc) is 3.46. The number of nitrogens with zero attached hydrogens (tertiary/aromatic N) is 2. The van der Waals surface area contributed by atoms with Crippen LogP contribution in [0.4, 0.5) is 18.9 Å². The van der Waals surface area contributed by atoms with Crippen LogP contribution in [0.2, 0.25) is 5.02 Å². The summed E-state index contributed by atoms with van der Waals surface area (Å²) >= 11 is 5.77. The van der Waals surface area contributed by atoms with Crippen molar-refractivity contribution >= 4 is 39.1 Å². The molecule has 44 heavy (non-hydrogen) atoms. The second-order valence-corrected chi connectivity index (χ2v) is 13.5. The summed E-state index contributed by atoms with van der Waals surface area (Å²) in [6.07, 6.45) is -0.312. The number of halogens is 4. The van der Waals surface area contributed by atoms with Gasteiger partial charge in [0.1, 0.15) is 12.6 Å². The molecule has 0 saturated heterocycles. The maximum absolute atomic E-state index is 14.2. The highest BCUT2D eigenvalue weighted by Crippen LogP contribution is 2.37. The number of nitrogens with one attached hydrogen (secondary N) is 1. The number of sulfonamides is 1. The highest BCUT2D eigenvalue weighted by atomic mass is 35.5. The highest BCUT2D eigenvalue weighted by Gasteiger charge is 2.37. The van der Waals surface area contributed by atoms with Crippen molar-refractivity contribution in [1.82, 2.24) is 10.2 Å². The minimum Gasteiger partial charge on any atom is -0.352 e. The molecule has 3 aromatic carbocycles. The van der Waals surface area contributed by atoms with Crippen LogP contribution in [0.25, 0.3) is 0 Å². The topological polar surface area (TPSA) is 86.8 Å². The smallest absolute Gasteiger partial charge is 0.352 e. The second-order valence-electron chi connectivity index (χ2n) is 11.1. The number of alkyl halides is 3. The molecule has 1 saturated carbocycles. The first-order chi connectivity index (χ1) is 20.7. The zero-order chi connectivity index (χ0) is 32.1. The van der Waals surface area contributed by atoms with Crippen LogP contribution in [-0.4, -0.2) is 50.0 Å². The van der Waals surface area contributed by atoms with Crippen molar-refractivity contribution < 1.29 is 31.2 Å². The Morgan fingerprint density at radius 1 is 0.977 bits per heavy atom. The first-order valence-corrected chi connectivity index (χ1v) is 16.5. The lowest BCUT2D eigenvalue weighted by Gasteiger charge is -2.34. The van der Waals surface area contributed by atoms with Crippen LogP contribution < -0.4 is 9.62 Å².